The van der Waals surface area contributed by atoms with Gasteiger partial charge in [-0.3, -0.25) is 0 Å². The predicted octanol–water partition coefficient (Wildman–Crippen LogP) is 18.3. The van der Waals surface area contributed by atoms with Gasteiger partial charge in [-0.1, -0.05) is 62.3 Å². The lowest BCUT2D eigenvalue weighted by Gasteiger charge is -2.55. The Morgan fingerprint density at radius 2 is 0.602 bits per heavy atom. The second-order valence-electron chi connectivity index (χ2n) is 38.7. The molecule has 0 spiro atoms. The molecule has 708 valence electrons. The van der Waals surface area contributed by atoms with Crippen LogP contribution in [-0.4, -0.2) is 277 Å². The summed E-state index contributed by atoms with van der Waals surface area (Å²) in [6.07, 6.45) is 5.65. The van der Waals surface area contributed by atoms with Crippen LogP contribution in [0, 0.1) is 0 Å². The van der Waals surface area contributed by atoms with Crippen molar-refractivity contribution in [3.05, 3.63) is 0 Å². The van der Waals surface area contributed by atoms with Gasteiger partial charge < -0.3 is 125 Å². The minimum Gasteiger partial charge on any atom is -0.434 e. The zero-order valence-electron chi connectivity index (χ0n) is 84.5. The van der Waals surface area contributed by atoms with Crippen LogP contribution >= 0.6 is 0 Å². The maximum atomic E-state index is 13.4. The molecule has 118 heavy (non-hydrogen) atoms. The van der Waals surface area contributed by atoms with Gasteiger partial charge in [0.2, 0.25) is 58.2 Å². The molecule has 11 atom stereocenters. The summed E-state index contributed by atoms with van der Waals surface area (Å²) in [6.45, 7) is 88.8. The maximum Gasteiger partial charge on any atom is 0.488 e. The molecule has 0 aromatic rings. The van der Waals surface area contributed by atoms with E-state index in [1.807, 2.05) is 111 Å². The zero-order valence-corrected chi connectivity index (χ0v) is 105. The standard InChI is InChI=1S/C69H178O29Si20/c1-53-63(99(22,23)87-112(46,71-13)72-14)80-103(30,31)67(57-5,58-6)84-106(36,37)91-111(45,70)96-118(52,98-116(50,78-20)93-105(34,35)83-66(12,56-4)100(24,25)81-64(10,54-2)101(26,27)88-113(47,73-15)74-16)89-102(28,29)65(11,55-3)82-104(32,33)68(59-7,60-8)85-107(38,39)94-115(49,77-19)97-117(51,79-21)95-109(42,43)90-110(44)62-69(110,61-9)86-108(40,41)92-114(48,75-17)76-18/h63,70H,53-62H2,1-52H3/t63?,64?,65?,66?,69-,110?,111?,115?,116?,117?,118?/m0/s1. The SMILES string of the molecule is CCC(O[Si](C)(C)C(CC)(CC)O[Si](C)(C)O[Si](C)(O)O[Si](C)(O[Si](C)(OC)O[Si](C)(C)OC(C)(CC)[Si](C)(C)OC(C)(CC)[Si](C)(C)O[Si](C)(OC)OC)O[Si](C)(C)C(C)(CC)O[Si](C)(C)C(CC)(CC)O[Si](C)(C)O[Si](C)(OC)O[Si](C)(OC)O[Si](C)(C)O[Si]1(C)C[C@@]1(CC)O[Si](C)(C)O[Si](C)(OC)OC)[Si](C)(C)O[Si](C)(OC)OC. The van der Waals surface area contributed by atoms with Gasteiger partial charge >= 0.3 is 113 Å². The third-order valence-corrected chi connectivity index (χ3v) is 101. The van der Waals surface area contributed by atoms with Crippen LogP contribution in [0.25, 0.3) is 0 Å². The molecule has 0 amide bonds. The van der Waals surface area contributed by atoms with Gasteiger partial charge in [-0.15, -0.1) is 0 Å². The quantitative estimate of drug-likeness (QED) is 0.0554. The van der Waals surface area contributed by atoms with Crippen molar-refractivity contribution >= 4 is 171 Å². The average molecular weight is 2030 g/mol. The molecule has 0 aromatic carbocycles. The highest BCUT2D eigenvalue weighted by Crippen LogP contribution is 2.56. The van der Waals surface area contributed by atoms with Crippen molar-refractivity contribution in [1.82, 2.24) is 0 Å². The lowest BCUT2D eigenvalue weighted by Crippen LogP contribution is -2.73. The Kier molecular flexibility index (Phi) is 43.0. The van der Waals surface area contributed by atoms with E-state index in [1.165, 1.54) is 0 Å². The fourth-order valence-corrected chi connectivity index (χ4v) is 102. The number of hydrogen-bond donors (Lipinski definition) is 1. The highest BCUT2D eigenvalue weighted by molar-refractivity contribution is 6.96. The molecule has 29 nitrogen and oxygen atoms in total. The Morgan fingerprint density at radius 3 is 0.949 bits per heavy atom. The smallest absolute Gasteiger partial charge is 0.434 e. The first-order valence-corrected chi connectivity index (χ1v) is 94.7. The summed E-state index contributed by atoms with van der Waals surface area (Å²) in [5.74, 6) is 0. The molecule has 10 unspecified atom stereocenters. The highest BCUT2D eigenvalue weighted by Gasteiger charge is 2.73. The summed E-state index contributed by atoms with van der Waals surface area (Å²) in [7, 11) is -51.1. The minimum absolute atomic E-state index is 0.221. The van der Waals surface area contributed by atoms with Gasteiger partial charge in [-0.05, 0) is 235 Å². The van der Waals surface area contributed by atoms with Crippen molar-refractivity contribution in [2.24, 2.45) is 0 Å². The fraction of sp³-hybridized carbons (Fsp3) is 1.00. The Morgan fingerprint density at radius 1 is 0.305 bits per heavy atom. The molecule has 1 rings (SSSR count). The topological polar surface area (TPSA) is 279 Å². The molecule has 0 saturated carbocycles. The Hall–Kier alpha value is 3.18. The molecule has 1 fully saturated rings. The Labute approximate surface area is 741 Å². The summed E-state index contributed by atoms with van der Waals surface area (Å²) >= 11 is 0. The molecule has 49 heteroatoms. The van der Waals surface area contributed by atoms with Crippen LogP contribution in [-0.2, 0) is 120 Å². The van der Waals surface area contributed by atoms with E-state index in [0.717, 1.165) is 12.5 Å². The molecule has 1 N–H and O–H groups in total. The largest absolute Gasteiger partial charge is 0.488 e. The number of hydrogen-bond acceptors (Lipinski definition) is 29. The fourth-order valence-electron chi connectivity index (χ4n) is 16.9. The van der Waals surface area contributed by atoms with E-state index in [-0.39, 0.29) is 5.73 Å². The first-order valence-electron chi connectivity index (χ1n) is 42.6. The molecular formula is C69H178O29Si20. The van der Waals surface area contributed by atoms with Crippen molar-refractivity contribution < 1.29 is 125 Å². The van der Waals surface area contributed by atoms with Crippen molar-refractivity contribution in [1.29, 1.82) is 0 Å². The predicted molar refractivity (Wildman–Crippen MR) is 517 cm³/mol. The minimum atomic E-state index is -4.47. The van der Waals surface area contributed by atoms with Crippen molar-refractivity contribution in [2.45, 2.75) is 387 Å². The summed E-state index contributed by atoms with van der Waals surface area (Å²) in [6, 6.07) is 0.777. The molecule has 0 radical (unpaired) electrons. The first-order chi connectivity index (χ1) is 52.6. The van der Waals surface area contributed by atoms with Gasteiger partial charge in [-0.2, -0.15) is 0 Å². The summed E-state index contributed by atoms with van der Waals surface area (Å²) in [5.41, 5.74) is -0.221. The van der Waals surface area contributed by atoms with Crippen LogP contribution in [0.4, 0.5) is 0 Å². The molecule has 0 aromatic heterocycles. The van der Waals surface area contributed by atoms with Crippen LogP contribution in [0.5, 0.6) is 0 Å². The molecule has 1 heterocycles. The van der Waals surface area contributed by atoms with Gasteiger partial charge in [0, 0.05) is 116 Å². The van der Waals surface area contributed by atoms with E-state index in [2.05, 4.69) is 168 Å². The van der Waals surface area contributed by atoms with Crippen LogP contribution in [0.15, 0.2) is 0 Å². The van der Waals surface area contributed by atoms with E-state index in [9.17, 15) is 4.80 Å². The van der Waals surface area contributed by atoms with Gasteiger partial charge in [0.05, 0.1) is 37.1 Å². The number of rotatable bonds is 62. The van der Waals surface area contributed by atoms with Gasteiger partial charge in [-0.25, -0.2) is 0 Å². The Balaban J connectivity index is 4.29. The van der Waals surface area contributed by atoms with Crippen molar-refractivity contribution in [2.75, 3.05) is 64.0 Å². The van der Waals surface area contributed by atoms with Crippen LogP contribution < -0.4 is 0 Å². The van der Waals surface area contributed by atoms with Crippen LogP contribution in [0.3, 0.4) is 0 Å². The van der Waals surface area contributed by atoms with Crippen molar-refractivity contribution in [3.8, 4) is 0 Å². The molecular weight excluding hydrogens is 1850 g/mol. The third kappa shape index (κ3) is 30.6. The second kappa shape index (κ2) is 42.6. The lowest BCUT2D eigenvalue weighted by atomic mass is 10.2. The average Bonchev–Trinajstić information content (AvgIpc) is 1.56. The van der Waals surface area contributed by atoms with Crippen LogP contribution in [0.2, 0.25) is 209 Å². The molecule has 1 aliphatic heterocycles. The maximum absolute atomic E-state index is 13.4. The third-order valence-electron chi connectivity index (χ3n) is 25.1. The molecule has 0 bridgehead atoms. The Bertz CT molecular complexity index is 3090. The van der Waals surface area contributed by atoms with Gasteiger partial charge in [0.25, 0.3) is 0 Å². The summed E-state index contributed by atoms with van der Waals surface area (Å²) < 4.78 is 193. The van der Waals surface area contributed by atoms with Gasteiger partial charge in [0.15, 0.2) is 0 Å². The highest BCUT2D eigenvalue weighted by atomic mass is 28.5. The lowest BCUT2D eigenvalue weighted by molar-refractivity contribution is 0.0328. The van der Waals surface area contributed by atoms with E-state index in [4.69, 9.17) is 120 Å². The molecule has 1 aliphatic rings. The van der Waals surface area contributed by atoms with Crippen LogP contribution in [0.1, 0.15) is 141 Å². The van der Waals surface area contributed by atoms with Crippen molar-refractivity contribution in [3.63, 3.8) is 0 Å². The first kappa shape index (κ1) is 119. The monoisotopic (exact) mass is 2030 g/mol. The molecule has 1 saturated heterocycles. The van der Waals surface area contributed by atoms with E-state index < -0.39 is 203 Å². The van der Waals surface area contributed by atoms with E-state index >= 15 is 0 Å². The van der Waals surface area contributed by atoms with E-state index in [0.29, 0.717) is 51.4 Å². The summed E-state index contributed by atoms with van der Waals surface area (Å²) in [4.78, 5) is 13.4. The van der Waals surface area contributed by atoms with Gasteiger partial charge in [0.1, 0.15) is 0 Å². The zero-order chi connectivity index (χ0) is 93.4. The molecule has 0 aliphatic carbocycles. The normalized spacial score (nSPS) is 22.0. The van der Waals surface area contributed by atoms with E-state index in [1.54, 1.807) is 70.5 Å². The second-order valence-corrected chi connectivity index (χ2v) is 109. The summed E-state index contributed by atoms with van der Waals surface area (Å²) in [5, 5.41) is -4.58.